The average molecular weight is 301 g/mol. The zero-order valence-electron chi connectivity index (χ0n) is 13.2. The summed E-state index contributed by atoms with van der Waals surface area (Å²) in [5.74, 6) is 2.69. The van der Waals surface area contributed by atoms with Gasteiger partial charge in [-0.05, 0) is 39.3 Å². The molecule has 0 saturated heterocycles. The van der Waals surface area contributed by atoms with E-state index in [4.69, 9.17) is 0 Å². The number of thioether (sulfide) groups is 1. The van der Waals surface area contributed by atoms with E-state index < -0.39 is 0 Å². The van der Waals surface area contributed by atoms with E-state index in [0.29, 0.717) is 0 Å². The molecule has 0 spiro atoms. The van der Waals surface area contributed by atoms with Gasteiger partial charge in [0.05, 0.1) is 5.75 Å². The van der Waals surface area contributed by atoms with Gasteiger partial charge in [-0.1, -0.05) is 24.6 Å². The number of anilines is 1. The lowest BCUT2D eigenvalue weighted by atomic mass is 10.1. The molecule has 0 radical (unpaired) electrons. The monoisotopic (exact) mass is 301 g/mol. The first-order valence-electron chi connectivity index (χ1n) is 7.43. The molecule has 0 saturated carbocycles. The first-order chi connectivity index (χ1) is 10.1. The van der Waals surface area contributed by atoms with Crippen molar-refractivity contribution in [1.82, 2.24) is 9.97 Å². The largest absolute Gasteiger partial charge is 0.370 e. The molecule has 3 nitrogen and oxygen atoms in total. The Bertz CT molecular complexity index is 611. The van der Waals surface area contributed by atoms with Crippen LogP contribution in [-0.4, -0.2) is 16.5 Å². The van der Waals surface area contributed by atoms with Crippen LogP contribution in [0.3, 0.4) is 0 Å². The molecule has 0 atom stereocenters. The first kappa shape index (κ1) is 15.8. The van der Waals surface area contributed by atoms with Gasteiger partial charge < -0.3 is 5.32 Å². The standard InChI is InChI=1S/C17H23N3S/c1-5-15-13(4)19-16(20-17(15)18-6-2)11-21-14-9-7-8-12(3)10-14/h7-10H,5-6,11H2,1-4H3,(H,18,19,20). The summed E-state index contributed by atoms with van der Waals surface area (Å²) >= 11 is 1.78. The Morgan fingerprint density at radius 3 is 2.62 bits per heavy atom. The molecule has 1 aromatic heterocycles. The normalized spacial score (nSPS) is 10.7. The maximum atomic E-state index is 4.69. The van der Waals surface area contributed by atoms with Crippen molar-refractivity contribution in [3.63, 3.8) is 0 Å². The maximum Gasteiger partial charge on any atom is 0.141 e. The van der Waals surface area contributed by atoms with E-state index >= 15 is 0 Å². The van der Waals surface area contributed by atoms with Crippen LogP contribution in [-0.2, 0) is 12.2 Å². The van der Waals surface area contributed by atoms with Crippen LogP contribution < -0.4 is 5.32 Å². The number of benzene rings is 1. The second-order valence-corrected chi connectivity index (χ2v) is 6.09. The number of hydrogen-bond donors (Lipinski definition) is 1. The number of nitrogens with zero attached hydrogens (tertiary/aromatic N) is 2. The fraction of sp³-hybridized carbons (Fsp3) is 0.412. The van der Waals surface area contributed by atoms with Crippen molar-refractivity contribution in [2.75, 3.05) is 11.9 Å². The van der Waals surface area contributed by atoms with E-state index in [0.717, 1.165) is 36.1 Å². The molecular weight excluding hydrogens is 278 g/mol. The van der Waals surface area contributed by atoms with Crippen molar-refractivity contribution in [2.45, 2.75) is 44.8 Å². The summed E-state index contributed by atoms with van der Waals surface area (Å²) in [6, 6.07) is 8.54. The lowest BCUT2D eigenvalue weighted by Crippen LogP contribution is -2.09. The molecule has 0 unspecified atom stereocenters. The molecule has 0 aliphatic heterocycles. The number of hydrogen-bond acceptors (Lipinski definition) is 4. The molecule has 0 aliphatic carbocycles. The fourth-order valence-electron chi connectivity index (χ4n) is 2.31. The summed E-state index contributed by atoms with van der Waals surface area (Å²) in [6.45, 7) is 9.31. The number of aryl methyl sites for hydroxylation is 2. The van der Waals surface area contributed by atoms with Crippen molar-refractivity contribution >= 4 is 17.6 Å². The quantitative estimate of drug-likeness (QED) is 0.804. The van der Waals surface area contributed by atoms with Crippen LogP contribution in [0.25, 0.3) is 0 Å². The maximum absolute atomic E-state index is 4.69. The van der Waals surface area contributed by atoms with Crippen LogP contribution in [0.1, 0.15) is 36.5 Å². The molecule has 0 aliphatic rings. The van der Waals surface area contributed by atoms with Crippen molar-refractivity contribution in [2.24, 2.45) is 0 Å². The molecule has 0 amide bonds. The van der Waals surface area contributed by atoms with Crippen molar-refractivity contribution in [3.8, 4) is 0 Å². The number of rotatable bonds is 6. The van der Waals surface area contributed by atoms with Gasteiger partial charge in [0, 0.05) is 22.7 Å². The highest BCUT2D eigenvalue weighted by atomic mass is 32.2. The van der Waals surface area contributed by atoms with Crippen molar-refractivity contribution < 1.29 is 0 Å². The van der Waals surface area contributed by atoms with Gasteiger partial charge in [-0.2, -0.15) is 0 Å². The molecule has 0 bridgehead atoms. The van der Waals surface area contributed by atoms with Crippen LogP contribution in [0.4, 0.5) is 5.82 Å². The van der Waals surface area contributed by atoms with E-state index in [-0.39, 0.29) is 0 Å². The number of nitrogens with one attached hydrogen (secondary N) is 1. The van der Waals surface area contributed by atoms with Crippen LogP contribution in [0.15, 0.2) is 29.2 Å². The smallest absolute Gasteiger partial charge is 0.141 e. The van der Waals surface area contributed by atoms with E-state index in [1.165, 1.54) is 16.0 Å². The Hall–Kier alpha value is -1.55. The highest BCUT2D eigenvalue weighted by molar-refractivity contribution is 7.98. The minimum atomic E-state index is 0.798. The third-order valence-corrected chi connectivity index (χ3v) is 4.31. The first-order valence-corrected chi connectivity index (χ1v) is 8.42. The highest BCUT2D eigenvalue weighted by Crippen LogP contribution is 2.24. The van der Waals surface area contributed by atoms with Crippen LogP contribution in [0.5, 0.6) is 0 Å². The van der Waals surface area contributed by atoms with E-state index in [1.807, 2.05) is 0 Å². The lowest BCUT2D eigenvalue weighted by Gasteiger charge is -2.12. The summed E-state index contributed by atoms with van der Waals surface area (Å²) in [5, 5.41) is 3.36. The predicted molar refractivity (Wildman–Crippen MR) is 91.1 cm³/mol. The number of aromatic nitrogens is 2. The molecule has 2 rings (SSSR count). The molecule has 1 N–H and O–H groups in total. The third-order valence-electron chi connectivity index (χ3n) is 3.32. The van der Waals surface area contributed by atoms with Gasteiger partial charge in [0.2, 0.25) is 0 Å². The van der Waals surface area contributed by atoms with Crippen LogP contribution >= 0.6 is 11.8 Å². The zero-order valence-corrected chi connectivity index (χ0v) is 14.0. The zero-order chi connectivity index (χ0) is 15.2. The molecule has 112 valence electrons. The van der Waals surface area contributed by atoms with Gasteiger partial charge in [0.15, 0.2) is 0 Å². The summed E-state index contributed by atoms with van der Waals surface area (Å²) < 4.78 is 0. The van der Waals surface area contributed by atoms with E-state index in [2.05, 4.69) is 67.2 Å². The minimum Gasteiger partial charge on any atom is -0.370 e. The Morgan fingerprint density at radius 1 is 1.14 bits per heavy atom. The van der Waals surface area contributed by atoms with Gasteiger partial charge in [-0.25, -0.2) is 9.97 Å². The summed E-state index contributed by atoms with van der Waals surface area (Å²) in [7, 11) is 0. The summed E-state index contributed by atoms with van der Waals surface area (Å²) in [6.07, 6.45) is 0.958. The Morgan fingerprint density at radius 2 is 1.95 bits per heavy atom. The molecule has 1 aromatic carbocycles. The van der Waals surface area contributed by atoms with E-state index in [9.17, 15) is 0 Å². The lowest BCUT2D eigenvalue weighted by molar-refractivity contribution is 0.932. The van der Waals surface area contributed by atoms with Gasteiger partial charge in [0.1, 0.15) is 11.6 Å². The topological polar surface area (TPSA) is 37.8 Å². The molecule has 21 heavy (non-hydrogen) atoms. The van der Waals surface area contributed by atoms with E-state index in [1.54, 1.807) is 11.8 Å². The third kappa shape index (κ3) is 4.21. The molecule has 2 aromatic rings. The summed E-state index contributed by atoms with van der Waals surface area (Å²) in [4.78, 5) is 10.6. The fourth-order valence-corrected chi connectivity index (χ4v) is 3.18. The van der Waals surface area contributed by atoms with Crippen LogP contribution in [0.2, 0.25) is 0 Å². The molecular formula is C17H23N3S. The Balaban J connectivity index is 2.16. The van der Waals surface area contributed by atoms with Crippen molar-refractivity contribution in [1.29, 1.82) is 0 Å². The molecule has 0 fully saturated rings. The van der Waals surface area contributed by atoms with Gasteiger partial charge in [-0.15, -0.1) is 11.8 Å². The SMILES string of the molecule is CCNc1nc(CSc2cccc(C)c2)nc(C)c1CC. The predicted octanol–water partition coefficient (Wildman–Crippen LogP) is 4.38. The van der Waals surface area contributed by atoms with Gasteiger partial charge in [-0.3, -0.25) is 0 Å². The minimum absolute atomic E-state index is 0.798. The molecule has 4 heteroatoms. The average Bonchev–Trinajstić information content (AvgIpc) is 2.45. The van der Waals surface area contributed by atoms with Crippen LogP contribution in [0, 0.1) is 13.8 Å². The molecule has 1 heterocycles. The second kappa shape index (κ2) is 7.46. The van der Waals surface area contributed by atoms with Crippen molar-refractivity contribution in [3.05, 3.63) is 46.9 Å². The second-order valence-electron chi connectivity index (χ2n) is 5.04. The van der Waals surface area contributed by atoms with Gasteiger partial charge >= 0.3 is 0 Å². The Labute approximate surface area is 131 Å². The highest BCUT2D eigenvalue weighted by Gasteiger charge is 2.10. The summed E-state index contributed by atoms with van der Waals surface area (Å²) in [5.41, 5.74) is 3.59. The van der Waals surface area contributed by atoms with Gasteiger partial charge in [0.25, 0.3) is 0 Å². The Kier molecular flexibility index (Phi) is 5.62.